The van der Waals surface area contributed by atoms with E-state index in [1.54, 1.807) is 20.8 Å². The van der Waals surface area contributed by atoms with Crippen LogP contribution in [0.15, 0.2) is 12.1 Å². The molecule has 1 heterocycles. The minimum Gasteiger partial charge on any atom is -0.436 e. The lowest BCUT2D eigenvalue weighted by Crippen LogP contribution is -1.99. The molecule has 0 unspecified atom stereocenters. The molecule has 0 bridgehead atoms. The molecular formula is C13H11ClF2N2O. The van der Waals surface area contributed by atoms with Gasteiger partial charge >= 0.3 is 0 Å². The first-order valence-electron chi connectivity index (χ1n) is 5.52. The van der Waals surface area contributed by atoms with Crippen LogP contribution in [0.5, 0.6) is 11.6 Å². The van der Waals surface area contributed by atoms with Gasteiger partial charge in [0.2, 0.25) is 0 Å². The monoisotopic (exact) mass is 284 g/mol. The summed E-state index contributed by atoms with van der Waals surface area (Å²) in [5, 5.41) is 0.0761. The molecule has 0 radical (unpaired) electrons. The van der Waals surface area contributed by atoms with Crippen LogP contribution in [0.1, 0.15) is 17.0 Å². The summed E-state index contributed by atoms with van der Waals surface area (Å²) in [4.78, 5) is 8.18. The van der Waals surface area contributed by atoms with Crippen molar-refractivity contribution in [1.29, 1.82) is 0 Å². The zero-order chi connectivity index (χ0) is 14.2. The molecule has 0 aliphatic rings. The van der Waals surface area contributed by atoms with Gasteiger partial charge in [-0.15, -0.1) is 0 Å². The number of rotatable bonds is 2. The molecule has 3 nitrogen and oxygen atoms in total. The summed E-state index contributed by atoms with van der Waals surface area (Å²) < 4.78 is 31.6. The fourth-order valence-corrected chi connectivity index (χ4v) is 1.67. The van der Waals surface area contributed by atoms with Crippen LogP contribution >= 0.6 is 11.6 Å². The van der Waals surface area contributed by atoms with E-state index >= 15 is 0 Å². The molecule has 0 saturated carbocycles. The normalized spacial score (nSPS) is 10.6. The maximum atomic E-state index is 13.2. The van der Waals surface area contributed by atoms with Gasteiger partial charge in [0.15, 0.2) is 16.8 Å². The SMILES string of the molecule is Cc1cc(F)c(F)cc1Oc1nc(C)c(C)nc1Cl. The molecule has 6 heteroatoms. The van der Waals surface area contributed by atoms with Crippen molar-refractivity contribution < 1.29 is 13.5 Å². The highest BCUT2D eigenvalue weighted by atomic mass is 35.5. The quantitative estimate of drug-likeness (QED) is 0.832. The second kappa shape index (κ2) is 5.09. The van der Waals surface area contributed by atoms with Gasteiger partial charge < -0.3 is 4.74 Å². The van der Waals surface area contributed by atoms with Crippen molar-refractivity contribution in [3.05, 3.63) is 45.9 Å². The van der Waals surface area contributed by atoms with E-state index in [2.05, 4.69) is 9.97 Å². The van der Waals surface area contributed by atoms with Crippen molar-refractivity contribution in [3.8, 4) is 11.6 Å². The molecular weight excluding hydrogens is 274 g/mol. The van der Waals surface area contributed by atoms with Crippen molar-refractivity contribution >= 4 is 11.6 Å². The zero-order valence-corrected chi connectivity index (χ0v) is 11.3. The van der Waals surface area contributed by atoms with Crippen molar-refractivity contribution in [3.63, 3.8) is 0 Å². The van der Waals surface area contributed by atoms with Gasteiger partial charge in [-0.05, 0) is 32.4 Å². The standard InChI is InChI=1S/C13H11ClF2N2O/c1-6-4-9(15)10(16)5-11(6)19-13-12(14)17-7(2)8(3)18-13/h4-5H,1-3H3. The number of nitrogens with zero attached hydrogens (tertiary/aromatic N) is 2. The van der Waals surface area contributed by atoms with E-state index in [9.17, 15) is 8.78 Å². The van der Waals surface area contributed by atoms with Crippen LogP contribution < -0.4 is 4.74 Å². The summed E-state index contributed by atoms with van der Waals surface area (Å²) >= 11 is 5.91. The highest BCUT2D eigenvalue weighted by molar-refractivity contribution is 6.30. The molecule has 100 valence electrons. The van der Waals surface area contributed by atoms with Crippen LogP contribution in [0.25, 0.3) is 0 Å². The fourth-order valence-electron chi connectivity index (χ4n) is 1.46. The summed E-state index contributed by atoms with van der Waals surface area (Å²) in [5.74, 6) is -1.70. The Labute approximate surface area is 114 Å². The Bertz CT molecular complexity index is 592. The van der Waals surface area contributed by atoms with E-state index in [0.717, 1.165) is 12.1 Å². The van der Waals surface area contributed by atoms with Crippen molar-refractivity contribution in [2.45, 2.75) is 20.8 Å². The van der Waals surface area contributed by atoms with Crippen LogP contribution in [-0.4, -0.2) is 9.97 Å². The van der Waals surface area contributed by atoms with Crippen LogP contribution in [0, 0.1) is 32.4 Å². The average Bonchev–Trinajstić information content (AvgIpc) is 2.32. The highest BCUT2D eigenvalue weighted by Crippen LogP contribution is 2.30. The molecule has 0 atom stereocenters. The molecule has 0 fully saturated rings. The summed E-state index contributed by atoms with van der Waals surface area (Å²) in [7, 11) is 0. The average molecular weight is 285 g/mol. The van der Waals surface area contributed by atoms with Crippen LogP contribution in [0.4, 0.5) is 8.78 Å². The minimum absolute atomic E-state index is 0.0684. The van der Waals surface area contributed by atoms with Gasteiger partial charge in [0, 0.05) is 6.07 Å². The molecule has 19 heavy (non-hydrogen) atoms. The number of hydrogen-bond acceptors (Lipinski definition) is 3. The zero-order valence-electron chi connectivity index (χ0n) is 10.6. The summed E-state index contributed by atoms with van der Waals surface area (Å²) in [6, 6.07) is 2.00. The van der Waals surface area contributed by atoms with Gasteiger partial charge in [-0.3, -0.25) is 0 Å². The van der Waals surface area contributed by atoms with Crippen molar-refractivity contribution in [2.75, 3.05) is 0 Å². The first-order chi connectivity index (χ1) is 8.88. The van der Waals surface area contributed by atoms with Crippen LogP contribution in [0.2, 0.25) is 5.15 Å². The number of aromatic nitrogens is 2. The predicted molar refractivity (Wildman–Crippen MR) is 67.7 cm³/mol. The van der Waals surface area contributed by atoms with Gasteiger partial charge in [0.25, 0.3) is 5.88 Å². The number of ether oxygens (including phenoxy) is 1. The van der Waals surface area contributed by atoms with E-state index < -0.39 is 11.6 Å². The Balaban J connectivity index is 2.42. The Kier molecular flexibility index (Phi) is 3.66. The maximum Gasteiger partial charge on any atom is 0.257 e. The first-order valence-corrected chi connectivity index (χ1v) is 5.90. The molecule has 0 saturated heterocycles. The minimum atomic E-state index is -0.992. The molecule has 2 aromatic rings. The van der Waals surface area contributed by atoms with Crippen LogP contribution in [0.3, 0.4) is 0 Å². The van der Waals surface area contributed by atoms with Crippen molar-refractivity contribution in [1.82, 2.24) is 9.97 Å². The number of aryl methyl sites for hydroxylation is 3. The molecule has 1 aromatic carbocycles. The molecule has 0 aliphatic carbocycles. The van der Waals surface area contributed by atoms with Gasteiger partial charge in [0.1, 0.15) is 5.75 Å². The Morgan fingerprint density at radius 1 is 1.00 bits per heavy atom. The molecule has 0 amide bonds. The Morgan fingerprint density at radius 3 is 2.26 bits per heavy atom. The Morgan fingerprint density at radius 2 is 1.58 bits per heavy atom. The Hall–Kier alpha value is -1.75. The number of hydrogen-bond donors (Lipinski definition) is 0. The first kappa shape index (κ1) is 13.7. The largest absolute Gasteiger partial charge is 0.436 e. The lowest BCUT2D eigenvalue weighted by Gasteiger charge is -2.10. The second-order valence-corrected chi connectivity index (χ2v) is 4.48. The van der Waals surface area contributed by atoms with Gasteiger partial charge in [0.05, 0.1) is 11.4 Å². The summed E-state index contributed by atoms with van der Waals surface area (Å²) in [6.07, 6.45) is 0. The molecule has 0 N–H and O–H groups in total. The third-order valence-electron chi connectivity index (χ3n) is 2.66. The third kappa shape index (κ3) is 2.81. The van der Waals surface area contributed by atoms with Crippen molar-refractivity contribution in [2.24, 2.45) is 0 Å². The van der Waals surface area contributed by atoms with Gasteiger partial charge in [-0.25, -0.2) is 18.7 Å². The highest BCUT2D eigenvalue weighted by Gasteiger charge is 2.13. The topological polar surface area (TPSA) is 35.0 Å². The number of benzene rings is 1. The third-order valence-corrected chi connectivity index (χ3v) is 2.91. The van der Waals surface area contributed by atoms with E-state index in [0.29, 0.717) is 17.0 Å². The molecule has 0 aliphatic heterocycles. The van der Waals surface area contributed by atoms with E-state index in [1.165, 1.54) is 0 Å². The van der Waals surface area contributed by atoms with E-state index in [4.69, 9.17) is 16.3 Å². The van der Waals surface area contributed by atoms with Crippen LogP contribution in [-0.2, 0) is 0 Å². The summed E-state index contributed by atoms with van der Waals surface area (Å²) in [5.41, 5.74) is 1.77. The lowest BCUT2D eigenvalue weighted by molar-refractivity contribution is 0.440. The van der Waals surface area contributed by atoms with Gasteiger partial charge in [-0.1, -0.05) is 11.6 Å². The smallest absolute Gasteiger partial charge is 0.257 e. The van der Waals surface area contributed by atoms with Gasteiger partial charge in [-0.2, -0.15) is 0 Å². The van der Waals surface area contributed by atoms with E-state index in [1.807, 2.05) is 0 Å². The molecule has 2 rings (SSSR count). The fraction of sp³-hybridized carbons (Fsp3) is 0.231. The second-order valence-electron chi connectivity index (χ2n) is 4.12. The lowest BCUT2D eigenvalue weighted by atomic mass is 10.2. The molecule has 0 spiro atoms. The summed E-state index contributed by atoms with van der Waals surface area (Å²) in [6.45, 7) is 5.12. The number of halogens is 3. The van der Waals surface area contributed by atoms with E-state index in [-0.39, 0.29) is 16.8 Å². The molecule has 1 aromatic heterocycles. The maximum absolute atomic E-state index is 13.2. The predicted octanol–water partition coefficient (Wildman–Crippen LogP) is 4.13.